The Hall–Kier alpha value is -2.28. The Labute approximate surface area is 110 Å². The molecule has 0 radical (unpaired) electrons. The van der Waals surface area contributed by atoms with Crippen LogP contribution in [-0.4, -0.2) is 37.2 Å². The zero-order valence-electron chi connectivity index (χ0n) is 10.7. The molecule has 104 valence electrons. The van der Waals surface area contributed by atoms with Crippen molar-refractivity contribution in [2.75, 3.05) is 19.5 Å². The number of hydrogen-bond acceptors (Lipinski definition) is 5. The van der Waals surface area contributed by atoms with Crippen LogP contribution in [0.4, 0.5) is 5.69 Å². The lowest BCUT2D eigenvalue weighted by molar-refractivity contribution is -0.138. The Kier molecular flexibility index (Phi) is 5.13. The van der Waals surface area contributed by atoms with Crippen molar-refractivity contribution in [3.8, 4) is 11.5 Å². The van der Waals surface area contributed by atoms with Gasteiger partial charge in [0.15, 0.2) is 11.5 Å². The fraction of sp³-hybridized carbons (Fsp3) is 0.333. The molecular formula is C12H16N2O5. The molecule has 0 heterocycles. The molecule has 0 aromatic heterocycles. The van der Waals surface area contributed by atoms with Crippen molar-refractivity contribution in [2.24, 2.45) is 5.73 Å². The van der Waals surface area contributed by atoms with Gasteiger partial charge in [0, 0.05) is 11.8 Å². The molecule has 1 unspecified atom stereocenters. The van der Waals surface area contributed by atoms with Crippen LogP contribution < -0.4 is 20.5 Å². The molecule has 1 aromatic carbocycles. The van der Waals surface area contributed by atoms with Crippen molar-refractivity contribution in [1.82, 2.24) is 0 Å². The Morgan fingerprint density at radius 1 is 1.32 bits per heavy atom. The predicted molar refractivity (Wildman–Crippen MR) is 68.4 cm³/mol. The number of aliphatic carboxylic acids is 1. The minimum Gasteiger partial charge on any atom is -0.493 e. The number of methoxy groups -OCH3 is 2. The number of hydrogen-bond donors (Lipinski definition) is 3. The maximum absolute atomic E-state index is 11.6. The highest BCUT2D eigenvalue weighted by Gasteiger charge is 2.17. The van der Waals surface area contributed by atoms with Crippen molar-refractivity contribution in [3.05, 3.63) is 18.2 Å². The van der Waals surface area contributed by atoms with Crippen LogP contribution in [0.5, 0.6) is 11.5 Å². The SMILES string of the molecule is COc1ccc(NC(=O)C(N)CC(=O)O)cc1OC. The first kappa shape index (κ1) is 14.8. The molecule has 0 fully saturated rings. The second kappa shape index (κ2) is 6.60. The number of anilines is 1. The van der Waals surface area contributed by atoms with Gasteiger partial charge in [-0.1, -0.05) is 0 Å². The van der Waals surface area contributed by atoms with Gasteiger partial charge < -0.3 is 25.6 Å². The molecular weight excluding hydrogens is 252 g/mol. The summed E-state index contributed by atoms with van der Waals surface area (Å²) in [6.07, 6.45) is -0.431. The van der Waals surface area contributed by atoms with Crippen LogP contribution in [0.2, 0.25) is 0 Å². The summed E-state index contributed by atoms with van der Waals surface area (Å²) in [5.74, 6) is -0.730. The average Bonchev–Trinajstić information content (AvgIpc) is 2.37. The fourth-order valence-corrected chi connectivity index (χ4v) is 1.43. The molecule has 4 N–H and O–H groups in total. The van der Waals surface area contributed by atoms with E-state index in [-0.39, 0.29) is 0 Å². The number of amides is 1. The summed E-state index contributed by atoms with van der Waals surface area (Å²) in [5, 5.41) is 11.1. The molecule has 0 aliphatic carbocycles. The second-order valence-electron chi connectivity index (χ2n) is 3.76. The third kappa shape index (κ3) is 4.14. The van der Waals surface area contributed by atoms with E-state index < -0.39 is 24.3 Å². The van der Waals surface area contributed by atoms with Gasteiger partial charge >= 0.3 is 5.97 Å². The molecule has 0 bridgehead atoms. The fourth-order valence-electron chi connectivity index (χ4n) is 1.43. The molecule has 0 saturated carbocycles. The minimum absolute atomic E-state index is 0.431. The van der Waals surface area contributed by atoms with Crippen LogP contribution in [0, 0.1) is 0 Å². The van der Waals surface area contributed by atoms with E-state index in [2.05, 4.69) is 5.32 Å². The molecule has 1 atom stereocenters. The molecule has 0 saturated heterocycles. The van der Waals surface area contributed by atoms with Crippen LogP contribution in [-0.2, 0) is 9.59 Å². The molecule has 0 spiro atoms. The molecule has 1 aromatic rings. The average molecular weight is 268 g/mol. The van der Waals surface area contributed by atoms with Gasteiger partial charge in [-0.2, -0.15) is 0 Å². The van der Waals surface area contributed by atoms with Gasteiger partial charge in [-0.05, 0) is 12.1 Å². The Morgan fingerprint density at radius 2 is 1.95 bits per heavy atom. The number of benzene rings is 1. The lowest BCUT2D eigenvalue weighted by atomic mass is 10.2. The lowest BCUT2D eigenvalue weighted by Gasteiger charge is -2.12. The molecule has 0 aliphatic heterocycles. The minimum atomic E-state index is -1.13. The van der Waals surface area contributed by atoms with Gasteiger partial charge in [0.05, 0.1) is 26.7 Å². The van der Waals surface area contributed by atoms with E-state index in [1.807, 2.05) is 0 Å². The standard InChI is InChI=1S/C12H16N2O5/c1-18-9-4-3-7(5-10(9)19-2)14-12(17)8(13)6-11(15)16/h3-5,8H,6,13H2,1-2H3,(H,14,17)(H,15,16). The summed E-state index contributed by atoms with van der Waals surface area (Å²) >= 11 is 0. The van der Waals surface area contributed by atoms with Crippen LogP contribution >= 0.6 is 0 Å². The Balaban J connectivity index is 2.77. The number of carbonyl (C=O) groups excluding carboxylic acids is 1. The van der Waals surface area contributed by atoms with Gasteiger partial charge in [-0.3, -0.25) is 9.59 Å². The van der Waals surface area contributed by atoms with Crippen LogP contribution in [0.3, 0.4) is 0 Å². The van der Waals surface area contributed by atoms with E-state index in [1.165, 1.54) is 14.2 Å². The van der Waals surface area contributed by atoms with Crippen LogP contribution in [0.1, 0.15) is 6.42 Å². The van der Waals surface area contributed by atoms with E-state index in [0.717, 1.165) is 0 Å². The quantitative estimate of drug-likeness (QED) is 0.690. The highest BCUT2D eigenvalue weighted by molar-refractivity contribution is 5.96. The first-order valence-electron chi connectivity index (χ1n) is 5.48. The zero-order chi connectivity index (χ0) is 14.4. The van der Waals surface area contributed by atoms with Crippen molar-refractivity contribution < 1.29 is 24.2 Å². The molecule has 1 amide bonds. The van der Waals surface area contributed by atoms with Crippen LogP contribution in [0.15, 0.2) is 18.2 Å². The monoisotopic (exact) mass is 268 g/mol. The highest BCUT2D eigenvalue weighted by Crippen LogP contribution is 2.29. The molecule has 7 nitrogen and oxygen atoms in total. The van der Waals surface area contributed by atoms with Crippen molar-refractivity contribution >= 4 is 17.6 Å². The molecule has 19 heavy (non-hydrogen) atoms. The van der Waals surface area contributed by atoms with Gasteiger partial charge in [0.1, 0.15) is 0 Å². The van der Waals surface area contributed by atoms with Crippen molar-refractivity contribution in [3.63, 3.8) is 0 Å². The highest BCUT2D eigenvalue weighted by atomic mass is 16.5. The summed E-state index contributed by atoms with van der Waals surface area (Å²) in [5.41, 5.74) is 5.89. The number of rotatable bonds is 6. The summed E-state index contributed by atoms with van der Waals surface area (Å²) in [4.78, 5) is 22.1. The van der Waals surface area contributed by atoms with E-state index in [0.29, 0.717) is 17.2 Å². The van der Waals surface area contributed by atoms with Gasteiger partial charge in [0.2, 0.25) is 5.91 Å². The van der Waals surface area contributed by atoms with Crippen LogP contribution in [0.25, 0.3) is 0 Å². The van der Waals surface area contributed by atoms with E-state index in [4.69, 9.17) is 20.3 Å². The third-order valence-electron chi connectivity index (χ3n) is 2.38. The first-order chi connectivity index (χ1) is 8.97. The van der Waals surface area contributed by atoms with Crippen molar-refractivity contribution in [1.29, 1.82) is 0 Å². The summed E-state index contributed by atoms with van der Waals surface area (Å²) in [6, 6.07) is 3.68. The number of carboxylic acid groups (broad SMARTS) is 1. The number of nitrogens with one attached hydrogen (secondary N) is 1. The van der Waals surface area contributed by atoms with Gasteiger partial charge in [0.25, 0.3) is 0 Å². The number of carbonyl (C=O) groups is 2. The first-order valence-corrected chi connectivity index (χ1v) is 5.48. The number of ether oxygens (including phenoxy) is 2. The van der Waals surface area contributed by atoms with Gasteiger partial charge in [-0.25, -0.2) is 0 Å². The summed E-state index contributed by atoms with van der Waals surface area (Å²) < 4.78 is 10.1. The number of nitrogens with two attached hydrogens (primary N) is 1. The summed E-state index contributed by atoms with van der Waals surface area (Å²) in [7, 11) is 2.97. The smallest absolute Gasteiger partial charge is 0.305 e. The largest absolute Gasteiger partial charge is 0.493 e. The van der Waals surface area contributed by atoms with E-state index in [9.17, 15) is 9.59 Å². The Morgan fingerprint density at radius 3 is 2.47 bits per heavy atom. The maximum Gasteiger partial charge on any atom is 0.305 e. The number of carboxylic acids is 1. The maximum atomic E-state index is 11.6. The van der Waals surface area contributed by atoms with Gasteiger partial charge in [-0.15, -0.1) is 0 Å². The topological polar surface area (TPSA) is 111 Å². The lowest BCUT2D eigenvalue weighted by Crippen LogP contribution is -2.37. The Bertz CT molecular complexity index is 475. The second-order valence-corrected chi connectivity index (χ2v) is 3.76. The summed E-state index contributed by atoms with van der Waals surface area (Å²) in [6.45, 7) is 0. The zero-order valence-corrected chi connectivity index (χ0v) is 10.7. The predicted octanol–water partition coefficient (Wildman–Crippen LogP) is 0.444. The molecule has 7 heteroatoms. The third-order valence-corrected chi connectivity index (χ3v) is 2.38. The molecule has 0 aliphatic rings. The normalized spacial score (nSPS) is 11.5. The molecule has 1 rings (SSSR count). The van der Waals surface area contributed by atoms with E-state index >= 15 is 0 Å². The van der Waals surface area contributed by atoms with Crippen molar-refractivity contribution in [2.45, 2.75) is 12.5 Å². The van der Waals surface area contributed by atoms with E-state index in [1.54, 1.807) is 18.2 Å².